The summed E-state index contributed by atoms with van der Waals surface area (Å²) < 4.78 is 4.87. The molecule has 0 aliphatic rings. The van der Waals surface area contributed by atoms with Crippen molar-refractivity contribution in [2.24, 2.45) is 5.73 Å². The Morgan fingerprint density at radius 1 is 1.33 bits per heavy atom. The van der Waals surface area contributed by atoms with Gasteiger partial charge in [-0.25, -0.2) is 4.98 Å². The number of halogens is 1. The minimum Gasteiger partial charge on any atom is -0.383 e. The predicted octanol–water partition coefficient (Wildman–Crippen LogP) is 3.44. The topological polar surface area (TPSA) is 77.2 Å². The molecule has 1 atom stereocenters. The summed E-state index contributed by atoms with van der Waals surface area (Å²) in [7, 11) is 1.51. The van der Waals surface area contributed by atoms with Crippen LogP contribution in [-0.4, -0.2) is 30.6 Å². The van der Waals surface area contributed by atoms with Crippen LogP contribution in [0.4, 0.5) is 5.13 Å². The van der Waals surface area contributed by atoms with Crippen molar-refractivity contribution in [1.82, 2.24) is 4.98 Å². The van der Waals surface area contributed by atoms with E-state index in [4.69, 9.17) is 10.5 Å². The van der Waals surface area contributed by atoms with E-state index in [-0.39, 0.29) is 30.3 Å². The Labute approximate surface area is 153 Å². The highest BCUT2D eigenvalue weighted by molar-refractivity contribution is 7.14. The molecule has 0 bridgehead atoms. The first-order chi connectivity index (χ1) is 10.8. The maximum Gasteiger partial charge on any atom is 0.245 e. The number of carbonyl (C=O) groups is 1. The van der Waals surface area contributed by atoms with E-state index in [1.807, 2.05) is 5.38 Å². The van der Waals surface area contributed by atoms with Gasteiger partial charge in [0.1, 0.15) is 6.04 Å². The zero-order valence-electron chi connectivity index (χ0n) is 14.3. The van der Waals surface area contributed by atoms with Crippen LogP contribution in [0.2, 0.25) is 0 Å². The number of carbonyl (C=O) groups excluding carboxylic acids is 1. The van der Waals surface area contributed by atoms with E-state index in [0.29, 0.717) is 5.13 Å². The third kappa shape index (κ3) is 5.27. The molecule has 2 rings (SSSR count). The lowest BCUT2D eigenvalue weighted by molar-refractivity contribution is -0.118. The normalized spacial score (nSPS) is 12.4. The number of amides is 1. The summed E-state index contributed by atoms with van der Waals surface area (Å²) in [5.41, 5.74) is 8.95. The molecule has 1 aromatic heterocycles. The van der Waals surface area contributed by atoms with Crippen LogP contribution in [0.3, 0.4) is 0 Å². The van der Waals surface area contributed by atoms with E-state index in [2.05, 4.69) is 55.3 Å². The molecule has 0 radical (unpaired) electrons. The number of hydrogen-bond acceptors (Lipinski definition) is 5. The molecule has 1 heterocycles. The largest absolute Gasteiger partial charge is 0.383 e. The van der Waals surface area contributed by atoms with E-state index in [0.717, 1.165) is 11.3 Å². The fraction of sp³-hybridized carbons (Fsp3) is 0.412. The number of aromatic nitrogens is 1. The molecule has 24 heavy (non-hydrogen) atoms. The van der Waals surface area contributed by atoms with Crippen LogP contribution in [0.15, 0.2) is 29.6 Å². The molecule has 0 saturated heterocycles. The van der Waals surface area contributed by atoms with E-state index in [1.165, 1.54) is 24.0 Å². The lowest BCUT2D eigenvalue weighted by Gasteiger charge is -2.18. The minimum atomic E-state index is -0.696. The fourth-order valence-corrected chi connectivity index (χ4v) is 2.78. The van der Waals surface area contributed by atoms with Crippen LogP contribution < -0.4 is 11.1 Å². The lowest BCUT2D eigenvalue weighted by Crippen LogP contribution is -2.39. The Bertz CT molecular complexity index is 665. The second kappa shape index (κ2) is 8.58. The van der Waals surface area contributed by atoms with E-state index in [1.54, 1.807) is 0 Å². The number of thiazole rings is 1. The summed E-state index contributed by atoms with van der Waals surface area (Å²) >= 11 is 1.38. The Morgan fingerprint density at radius 3 is 2.50 bits per heavy atom. The van der Waals surface area contributed by atoms with Crippen molar-refractivity contribution in [2.75, 3.05) is 19.0 Å². The number of methoxy groups -OCH3 is 1. The van der Waals surface area contributed by atoms with Crippen molar-refractivity contribution in [3.05, 3.63) is 35.2 Å². The summed E-state index contributed by atoms with van der Waals surface area (Å²) in [5, 5.41) is 5.17. The summed E-state index contributed by atoms with van der Waals surface area (Å²) in [6.45, 7) is 6.73. The van der Waals surface area contributed by atoms with Gasteiger partial charge in [-0.05, 0) is 11.0 Å². The first kappa shape index (κ1) is 20.6. The molecule has 132 valence electrons. The third-order valence-electron chi connectivity index (χ3n) is 3.46. The molecule has 7 heteroatoms. The van der Waals surface area contributed by atoms with Crippen LogP contribution in [0.1, 0.15) is 26.3 Å². The first-order valence-corrected chi connectivity index (χ1v) is 8.31. The monoisotopic (exact) mass is 369 g/mol. The second-order valence-electron chi connectivity index (χ2n) is 6.42. The van der Waals surface area contributed by atoms with Crippen molar-refractivity contribution in [1.29, 1.82) is 0 Å². The van der Waals surface area contributed by atoms with Gasteiger partial charge >= 0.3 is 0 Å². The molecule has 0 aliphatic carbocycles. The maximum atomic E-state index is 11.9. The SMILES string of the molecule is COCC(N)C(=O)Nc1nc(-c2ccc(C(C)(C)C)cc2)cs1.Cl. The van der Waals surface area contributed by atoms with Crippen LogP contribution in [0.5, 0.6) is 0 Å². The Hall–Kier alpha value is -1.47. The quantitative estimate of drug-likeness (QED) is 0.846. The number of rotatable bonds is 5. The van der Waals surface area contributed by atoms with E-state index < -0.39 is 6.04 Å². The maximum absolute atomic E-state index is 11.9. The van der Waals surface area contributed by atoms with Gasteiger partial charge in [0, 0.05) is 18.1 Å². The van der Waals surface area contributed by atoms with Gasteiger partial charge in [0.2, 0.25) is 5.91 Å². The van der Waals surface area contributed by atoms with Crippen LogP contribution >= 0.6 is 23.7 Å². The van der Waals surface area contributed by atoms with Gasteiger partial charge < -0.3 is 15.8 Å². The molecule has 0 spiro atoms. The molecule has 0 fully saturated rings. The zero-order chi connectivity index (χ0) is 17.0. The summed E-state index contributed by atoms with van der Waals surface area (Å²) in [6, 6.07) is 7.64. The molecular weight excluding hydrogens is 346 g/mol. The molecule has 3 N–H and O–H groups in total. The molecule has 2 aromatic rings. The van der Waals surface area contributed by atoms with Crippen molar-refractivity contribution < 1.29 is 9.53 Å². The van der Waals surface area contributed by atoms with E-state index >= 15 is 0 Å². The smallest absolute Gasteiger partial charge is 0.245 e. The Balaban J connectivity index is 0.00000288. The van der Waals surface area contributed by atoms with Gasteiger partial charge in [0.05, 0.1) is 12.3 Å². The summed E-state index contributed by atoms with van der Waals surface area (Å²) in [4.78, 5) is 16.3. The predicted molar refractivity (Wildman–Crippen MR) is 102 cm³/mol. The highest BCUT2D eigenvalue weighted by Gasteiger charge is 2.16. The third-order valence-corrected chi connectivity index (χ3v) is 4.22. The number of anilines is 1. The number of nitrogens with two attached hydrogens (primary N) is 1. The second-order valence-corrected chi connectivity index (χ2v) is 7.27. The zero-order valence-corrected chi connectivity index (χ0v) is 16.0. The molecule has 1 aromatic carbocycles. The van der Waals surface area contributed by atoms with Crippen LogP contribution in [0, 0.1) is 0 Å². The first-order valence-electron chi connectivity index (χ1n) is 7.43. The van der Waals surface area contributed by atoms with Gasteiger partial charge in [-0.15, -0.1) is 23.7 Å². The van der Waals surface area contributed by atoms with Crippen molar-refractivity contribution >= 4 is 34.8 Å². The van der Waals surface area contributed by atoms with Crippen molar-refractivity contribution in [3.63, 3.8) is 0 Å². The van der Waals surface area contributed by atoms with Crippen LogP contribution in [-0.2, 0) is 14.9 Å². The van der Waals surface area contributed by atoms with Gasteiger partial charge in [0.25, 0.3) is 0 Å². The minimum absolute atomic E-state index is 0. The summed E-state index contributed by atoms with van der Waals surface area (Å²) in [6.07, 6.45) is 0. The molecule has 0 saturated carbocycles. The average molecular weight is 370 g/mol. The highest BCUT2D eigenvalue weighted by Crippen LogP contribution is 2.28. The van der Waals surface area contributed by atoms with Crippen molar-refractivity contribution in [2.45, 2.75) is 32.2 Å². The Morgan fingerprint density at radius 2 is 1.96 bits per heavy atom. The standard InChI is InChI=1S/C17H23N3O2S.ClH/c1-17(2,3)12-7-5-11(6-8-12)14-10-23-16(19-14)20-15(21)13(18)9-22-4;/h5-8,10,13H,9,18H2,1-4H3,(H,19,20,21);1H. The lowest BCUT2D eigenvalue weighted by atomic mass is 9.86. The van der Waals surface area contributed by atoms with Gasteiger partial charge in [0.15, 0.2) is 5.13 Å². The summed E-state index contributed by atoms with van der Waals surface area (Å²) in [5.74, 6) is -0.296. The van der Waals surface area contributed by atoms with Gasteiger partial charge in [-0.1, -0.05) is 45.0 Å². The molecule has 0 aliphatic heterocycles. The molecule has 5 nitrogen and oxygen atoms in total. The number of nitrogens with zero attached hydrogens (tertiary/aromatic N) is 1. The molecular formula is C17H24ClN3O2S. The Kier molecular flexibility index (Phi) is 7.35. The number of ether oxygens (including phenoxy) is 1. The van der Waals surface area contributed by atoms with Crippen LogP contribution in [0.25, 0.3) is 11.3 Å². The average Bonchev–Trinajstić information content (AvgIpc) is 2.95. The fourth-order valence-electron chi connectivity index (χ4n) is 2.06. The van der Waals surface area contributed by atoms with Crippen molar-refractivity contribution in [3.8, 4) is 11.3 Å². The van der Waals surface area contributed by atoms with E-state index in [9.17, 15) is 4.79 Å². The highest BCUT2D eigenvalue weighted by atomic mass is 35.5. The van der Waals surface area contributed by atoms with Gasteiger partial charge in [-0.3, -0.25) is 4.79 Å². The molecule has 1 amide bonds. The number of hydrogen-bond donors (Lipinski definition) is 2. The number of benzene rings is 1. The molecule has 1 unspecified atom stereocenters. The van der Waals surface area contributed by atoms with Gasteiger partial charge in [-0.2, -0.15) is 0 Å². The number of nitrogens with one attached hydrogen (secondary N) is 1.